The zero-order valence-electron chi connectivity index (χ0n) is 18.3. The molecular weight excluding hydrogens is 409 g/mol. The van der Waals surface area contributed by atoms with Crippen LogP contribution in [-0.2, 0) is 22.6 Å². The molecule has 1 unspecified atom stereocenters. The van der Waals surface area contributed by atoms with Gasteiger partial charge in [-0.1, -0.05) is 18.2 Å². The summed E-state index contributed by atoms with van der Waals surface area (Å²) in [6, 6.07) is 9.74. The number of pyridine rings is 1. The smallest absolute Gasteiger partial charge is 0.227 e. The zero-order valence-corrected chi connectivity index (χ0v) is 18.3. The monoisotopic (exact) mass is 439 g/mol. The third-order valence-electron chi connectivity index (χ3n) is 6.30. The molecule has 0 radical (unpaired) electrons. The van der Waals surface area contributed by atoms with Crippen molar-refractivity contribution in [2.45, 2.75) is 57.6 Å². The maximum Gasteiger partial charge on any atom is 0.227 e. The fourth-order valence-corrected chi connectivity index (χ4v) is 4.46. The number of benzene rings is 1. The van der Waals surface area contributed by atoms with Crippen LogP contribution in [0.4, 0.5) is 4.39 Å². The first-order valence-electron chi connectivity index (χ1n) is 11.5. The molecule has 2 aliphatic rings. The molecule has 1 saturated heterocycles. The Morgan fingerprint density at radius 2 is 1.88 bits per heavy atom. The Morgan fingerprint density at radius 1 is 1.09 bits per heavy atom. The van der Waals surface area contributed by atoms with Crippen molar-refractivity contribution < 1.29 is 18.7 Å². The van der Waals surface area contributed by atoms with Crippen molar-refractivity contribution in [1.29, 1.82) is 0 Å². The molecule has 6 nitrogen and oxygen atoms in total. The molecule has 170 valence electrons. The van der Waals surface area contributed by atoms with Crippen molar-refractivity contribution in [3.8, 4) is 5.88 Å². The number of amides is 2. The van der Waals surface area contributed by atoms with Gasteiger partial charge >= 0.3 is 0 Å². The Balaban J connectivity index is 1.30. The Kier molecular flexibility index (Phi) is 7.35. The number of rotatable bonds is 7. The van der Waals surface area contributed by atoms with E-state index in [0.29, 0.717) is 25.5 Å². The van der Waals surface area contributed by atoms with Crippen LogP contribution in [0.15, 0.2) is 42.6 Å². The minimum Gasteiger partial charge on any atom is -0.474 e. The zero-order chi connectivity index (χ0) is 22.3. The highest BCUT2D eigenvalue weighted by Crippen LogP contribution is 2.25. The van der Waals surface area contributed by atoms with Crippen LogP contribution in [0.1, 0.15) is 49.7 Å². The molecule has 0 spiro atoms. The first-order chi connectivity index (χ1) is 15.6. The number of hydrogen-bond donors (Lipinski definition) is 1. The van der Waals surface area contributed by atoms with E-state index in [-0.39, 0.29) is 36.1 Å². The Hall–Kier alpha value is -2.96. The van der Waals surface area contributed by atoms with Crippen molar-refractivity contribution in [2.24, 2.45) is 5.92 Å². The number of nitrogens with one attached hydrogen (secondary N) is 1. The average Bonchev–Trinajstić information content (AvgIpc) is 3.33. The van der Waals surface area contributed by atoms with Gasteiger partial charge in [0, 0.05) is 31.4 Å². The maximum absolute atomic E-state index is 13.1. The number of piperidine rings is 1. The van der Waals surface area contributed by atoms with Crippen LogP contribution in [0, 0.1) is 11.7 Å². The summed E-state index contributed by atoms with van der Waals surface area (Å²) in [7, 11) is 0. The molecule has 2 amide bonds. The van der Waals surface area contributed by atoms with Gasteiger partial charge in [0.1, 0.15) is 11.9 Å². The summed E-state index contributed by atoms with van der Waals surface area (Å²) in [6.45, 7) is 1.41. The highest BCUT2D eigenvalue weighted by Gasteiger charge is 2.28. The van der Waals surface area contributed by atoms with Crippen molar-refractivity contribution in [3.63, 3.8) is 0 Å². The number of hydrogen-bond acceptors (Lipinski definition) is 4. The van der Waals surface area contributed by atoms with Gasteiger partial charge < -0.3 is 15.0 Å². The fourth-order valence-electron chi connectivity index (χ4n) is 4.46. The minimum absolute atomic E-state index is 0.0337. The summed E-state index contributed by atoms with van der Waals surface area (Å²) in [4.78, 5) is 31.6. The molecule has 2 aromatic rings. The molecular formula is C25H30FN3O3. The van der Waals surface area contributed by atoms with Crippen LogP contribution >= 0.6 is 0 Å². The summed E-state index contributed by atoms with van der Waals surface area (Å²) < 4.78 is 19.1. The summed E-state index contributed by atoms with van der Waals surface area (Å²) in [5, 5.41) is 3.01. The maximum atomic E-state index is 13.1. The molecule has 0 bridgehead atoms. The van der Waals surface area contributed by atoms with Crippen molar-refractivity contribution in [1.82, 2.24) is 15.2 Å². The van der Waals surface area contributed by atoms with Crippen LogP contribution in [0.3, 0.4) is 0 Å². The third kappa shape index (κ3) is 5.84. The van der Waals surface area contributed by atoms with Gasteiger partial charge in [-0.3, -0.25) is 9.59 Å². The number of nitrogens with zero attached hydrogens (tertiary/aromatic N) is 2. The molecule has 2 fully saturated rings. The lowest BCUT2D eigenvalue weighted by Gasteiger charge is -2.32. The predicted molar refractivity (Wildman–Crippen MR) is 118 cm³/mol. The van der Waals surface area contributed by atoms with Crippen LogP contribution in [0.25, 0.3) is 0 Å². The Morgan fingerprint density at radius 3 is 2.66 bits per heavy atom. The summed E-state index contributed by atoms with van der Waals surface area (Å²) in [5.41, 5.74) is 1.64. The average molecular weight is 440 g/mol. The molecule has 1 atom stereocenters. The lowest BCUT2D eigenvalue weighted by molar-refractivity contribution is -0.135. The van der Waals surface area contributed by atoms with E-state index in [1.165, 1.54) is 25.0 Å². The molecule has 4 rings (SSSR count). The van der Waals surface area contributed by atoms with E-state index in [9.17, 15) is 14.0 Å². The van der Waals surface area contributed by atoms with Crippen LogP contribution in [0.2, 0.25) is 0 Å². The van der Waals surface area contributed by atoms with Crippen molar-refractivity contribution in [2.75, 3.05) is 13.1 Å². The number of halogens is 1. The second-order valence-corrected chi connectivity index (χ2v) is 8.69. The molecule has 32 heavy (non-hydrogen) atoms. The van der Waals surface area contributed by atoms with Gasteiger partial charge in [0.2, 0.25) is 17.7 Å². The molecule has 1 aromatic carbocycles. The van der Waals surface area contributed by atoms with Crippen LogP contribution in [0.5, 0.6) is 5.88 Å². The van der Waals surface area contributed by atoms with E-state index in [1.54, 1.807) is 23.2 Å². The Bertz CT molecular complexity index is 928. The van der Waals surface area contributed by atoms with E-state index < -0.39 is 0 Å². The highest BCUT2D eigenvalue weighted by molar-refractivity contribution is 5.82. The Labute approximate surface area is 188 Å². The largest absolute Gasteiger partial charge is 0.474 e. The number of aromatic nitrogens is 1. The van der Waals surface area contributed by atoms with Crippen LogP contribution < -0.4 is 10.1 Å². The van der Waals surface area contributed by atoms with E-state index in [2.05, 4.69) is 10.3 Å². The molecule has 1 aliphatic heterocycles. The molecule has 1 aromatic heterocycles. The van der Waals surface area contributed by atoms with E-state index in [0.717, 1.165) is 36.8 Å². The molecule has 1 aliphatic carbocycles. The van der Waals surface area contributed by atoms with E-state index >= 15 is 0 Å². The standard InChI is InChI=1S/C25H30FN3O3/c26-21-11-9-18(10-12-21)15-23(30)29-14-4-6-20(17-29)24(31)28-16-19-5-3-13-27-25(19)32-22-7-1-2-8-22/h3,5,9-13,20,22H,1-2,4,6-8,14-17H2,(H,28,31). The molecule has 1 saturated carbocycles. The first-order valence-corrected chi connectivity index (χ1v) is 11.5. The summed E-state index contributed by atoms with van der Waals surface area (Å²) >= 11 is 0. The van der Waals surface area contributed by atoms with Gasteiger partial charge in [-0.15, -0.1) is 0 Å². The van der Waals surface area contributed by atoms with Gasteiger partial charge in [0.25, 0.3) is 0 Å². The van der Waals surface area contributed by atoms with Crippen molar-refractivity contribution >= 4 is 11.8 Å². The van der Waals surface area contributed by atoms with Gasteiger partial charge in [0.15, 0.2) is 0 Å². The number of likely N-dealkylation sites (tertiary alicyclic amines) is 1. The van der Waals surface area contributed by atoms with Gasteiger partial charge in [-0.25, -0.2) is 9.37 Å². The quantitative estimate of drug-likeness (QED) is 0.715. The lowest BCUT2D eigenvalue weighted by atomic mass is 9.96. The van der Waals surface area contributed by atoms with Crippen LogP contribution in [-0.4, -0.2) is 40.9 Å². The minimum atomic E-state index is -0.318. The molecule has 7 heteroatoms. The molecule has 1 N–H and O–H groups in total. The molecule has 2 heterocycles. The number of ether oxygens (including phenoxy) is 1. The summed E-state index contributed by atoms with van der Waals surface area (Å²) in [6.07, 6.45) is 8.13. The summed E-state index contributed by atoms with van der Waals surface area (Å²) in [5.74, 6) is -0.0499. The SMILES string of the molecule is O=C(NCc1cccnc1OC1CCCC1)C1CCCN(C(=O)Cc2ccc(F)cc2)C1. The fraction of sp³-hybridized carbons (Fsp3) is 0.480. The highest BCUT2D eigenvalue weighted by atomic mass is 19.1. The number of carbonyl (C=O) groups excluding carboxylic acids is 2. The number of carbonyl (C=O) groups is 2. The van der Waals surface area contributed by atoms with Gasteiger partial charge in [0.05, 0.1) is 12.3 Å². The van der Waals surface area contributed by atoms with Crippen molar-refractivity contribution in [3.05, 3.63) is 59.5 Å². The van der Waals surface area contributed by atoms with Gasteiger partial charge in [-0.2, -0.15) is 0 Å². The lowest BCUT2D eigenvalue weighted by Crippen LogP contribution is -2.45. The normalized spacial score (nSPS) is 19.0. The second kappa shape index (κ2) is 10.6. The van der Waals surface area contributed by atoms with E-state index in [1.807, 2.05) is 12.1 Å². The third-order valence-corrected chi connectivity index (χ3v) is 6.30. The second-order valence-electron chi connectivity index (χ2n) is 8.69. The van der Waals surface area contributed by atoms with E-state index in [4.69, 9.17) is 4.74 Å². The predicted octanol–water partition coefficient (Wildman–Crippen LogP) is 3.64. The first kappa shape index (κ1) is 22.2. The topological polar surface area (TPSA) is 71.5 Å². The van der Waals surface area contributed by atoms with Gasteiger partial charge in [-0.05, 0) is 62.3 Å².